The van der Waals surface area contributed by atoms with Crippen LogP contribution in [-0.2, 0) is 5.41 Å². The number of aromatic nitrogens is 1. The number of benzene rings is 1. The maximum atomic E-state index is 5.68. The topological polar surface area (TPSA) is 38.9 Å². The fraction of sp³-hybridized carbons (Fsp3) is 0.400. The van der Waals surface area contributed by atoms with E-state index in [0.29, 0.717) is 6.54 Å². The standard InChI is InChI=1S/C15H19BrN2S/c1-10-4-5-11(16)8-12(10)14-18-13(9-19-14)15(2,3)6-7-17/h4-5,8-9H,6-7,17H2,1-3H3. The average molecular weight is 339 g/mol. The Morgan fingerprint density at radius 1 is 1.37 bits per heavy atom. The van der Waals surface area contributed by atoms with Crippen molar-refractivity contribution >= 4 is 27.3 Å². The molecule has 102 valence electrons. The van der Waals surface area contributed by atoms with Gasteiger partial charge in [-0.25, -0.2) is 4.98 Å². The number of nitrogens with zero attached hydrogens (tertiary/aromatic N) is 1. The Morgan fingerprint density at radius 3 is 2.79 bits per heavy atom. The maximum absolute atomic E-state index is 5.68. The van der Waals surface area contributed by atoms with Crippen LogP contribution in [0.4, 0.5) is 0 Å². The van der Waals surface area contributed by atoms with Crippen LogP contribution in [-0.4, -0.2) is 11.5 Å². The second-order valence-corrected chi connectivity index (χ2v) is 7.19. The molecule has 0 spiro atoms. The molecule has 2 rings (SSSR count). The van der Waals surface area contributed by atoms with Gasteiger partial charge in [-0.1, -0.05) is 35.8 Å². The minimum atomic E-state index is 0.0451. The van der Waals surface area contributed by atoms with Gasteiger partial charge in [-0.15, -0.1) is 11.3 Å². The van der Waals surface area contributed by atoms with Crippen LogP contribution in [0, 0.1) is 6.92 Å². The van der Waals surface area contributed by atoms with Crippen molar-refractivity contribution < 1.29 is 0 Å². The van der Waals surface area contributed by atoms with Crippen molar-refractivity contribution in [2.45, 2.75) is 32.6 Å². The molecule has 0 bridgehead atoms. The number of nitrogens with two attached hydrogens (primary N) is 1. The van der Waals surface area contributed by atoms with Gasteiger partial charge in [0, 0.05) is 20.8 Å². The molecule has 0 aliphatic heterocycles. The zero-order valence-electron chi connectivity index (χ0n) is 11.5. The Hall–Kier alpha value is -0.710. The molecule has 0 atom stereocenters. The summed E-state index contributed by atoms with van der Waals surface area (Å²) in [7, 11) is 0. The lowest BCUT2D eigenvalue weighted by Crippen LogP contribution is -2.22. The first-order valence-electron chi connectivity index (χ1n) is 6.36. The molecule has 1 heterocycles. The van der Waals surface area contributed by atoms with E-state index in [4.69, 9.17) is 10.7 Å². The molecular formula is C15H19BrN2S. The van der Waals surface area contributed by atoms with Gasteiger partial charge < -0.3 is 5.73 Å². The van der Waals surface area contributed by atoms with Crippen molar-refractivity contribution in [2.24, 2.45) is 5.73 Å². The Kier molecular flexibility index (Phi) is 4.43. The Bertz CT molecular complexity index is 575. The van der Waals surface area contributed by atoms with Gasteiger partial charge >= 0.3 is 0 Å². The van der Waals surface area contributed by atoms with E-state index in [1.807, 2.05) is 0 Å². The molecule has 0 aliphatic carbocycles. The predicted octanol–water partition coefficient (Wildman–Crippen LogP) is 4.51. The molecule has 0 aliphatic rings. The van der Waals surface area contributed by atoms with Crippen molar-refractivity contribution in [1.29, 1.82) is 0 Å². The predicted molar refractivity (Wildman–Crippen MR) is 86.7 cm³/mol. The molecule has 1 aromatic heterocycles. The summed E-state index contributed by atoms with van der Waals surface area (Å²) in [6.45, 7) is 7.21. The second-order valence-electron chi connectivity index (χ2n) is 5.42. The summed E-state index contributed by atoms with van der Waals surface area (Å²) < 4.78 is 1.09. The van der Waals surface area contributed by atoms with Crippen LogP contribution in [0.2, 0.25) is 0 Å². The summed E-state index contributed by atoms with van der Waals surface area (Å²) in [4.78, 5) is 4.81. The normalized spacial score (nSPS) is 11.8. The molecule has 2 aromatic rings. The molecular weight excluding hydrogens is 320 g/mol. The van der Waals surface area contributed by atoms with Crippen LogP contribution in [0.5, 0.6) is 0 Å². The Labute approximate surface area is 127 Å². The summed E-state index contributed by atoms with van der Waals surface area (Å²) in [5.74, 6) is 0. The van der Waals surface area contributed by atoms with Gasteiger partial charge in [0.15, 0.2) is 0 Å². The Balaban J connectivity index is 2.38. The van der Waals surface area contributed by atoms with E-state index in [-0.39, 0.29) is 5.41 Å². The van der Waals surface area contributed by atoms with Crippen molar-refractivity contribution in [3.63, 3.8) is 0 Å². The summed E-state index contributed by atoms with van der Waals surface area (Å²) in [5.41, 5.74) is 9.32. The molecule has 19 heavy (non-hydrogen) atoms. The van der Waals surface area contributed by atoms with E-state index in [1.165, 1.54) is 11.1 Å². The average Bonchev–Trinajstić information content (AvgIpc) is 2.82. The highest BCUT2D eigenvalue weighted by atomic mass is 79.9. The molecule has 2 nitrogen and oxygen atoms in total. The largest absolute Gasteiger partial charge is 0.330 e. The molecule has 1 aromatic carbocycles. The van der Waals surface area contributed by atoms with Crippen LogP contribution < -0.4 is 5.73 Å². The van der Waals surface area contributed by atoms with Crippen LogP contribution in [0.15, 0.2) is 28.1 Å². The van der Waals surface area contributed by atoms with E-state index < -0.39 is 0 Å². The van der Waals surface area contributed by atoms with Crippen molar-refractivity contribution in [1.82, 2.24) is 4.98 Å². The second kappa shape index (κ2) is 5.73. The van der Waals surface area contributed by atoms with Crippen LogP contribution >= 0.6 is 27.3 Å². The van der Waals surface area contributed by atoms with Gasteiger partial charge in [-0.3, -0.25) is 0 Å². The van der Waals surface area contributed by atoms with E-state index >= 15 is 0 Å². The van der Waals surface area contributed by atoms with E-state index in [1.54, 1.807) is 11.3 Å². The van der Waals surface area contributed by atoms with Gasteiger partial charge in [0.05, 0.1) is 5.69 Å². The quantitative estimate of drug-likeness (QED) is 0.890. The number of hydrogen-bond donors (Lipinski definition) is 1. The highest BCUT2D eigenvalue weighted by Crippen LogP contribution is 2.34. The minimum absolute atomic E-state index is 0.0451. The number of aryl methyl sites for hydroxylation is 1. The third-order valence-electron chi connectivity index (χ3n) is 3.40. The van der Waals surface area contributed by atoms with Gasteiger partial charge in [0.1, 0.15) is 5.01 Å². The minimum Gasteiger partial charge on any atom is -0.330 e. The van der Waals surface area contributed by atoms with Crippen molar-refractivity contribution in [3.8, 4) is 10.6 Å². The lowest BCUT2D eigenvalue weighted by atomic mass is 9.86. The summed E-state index contributed by atoms with van der Waals surface area (Å²) in [5, 5.41) is 3.24. The molecule has 2 N–H and O–H groups in total. The SMILES string of the molecule is Cc1ccc(Br)cc1-c1nc(C(C)(C)CCN)cs1. The van der Waals surface area contributed by atoms with Crippen LogP contribution in [0.25, 0.3) is 10.6 Å². The van der Waals surface area contributed by atoms with Gasteiger partial charge in [-0.2, -0.15) is 0 Å². The van der Waals surface area contributed by atoms with Crippen LogP contribution in [0.3, 0.4) is 0 Å². The molecule has 0 unspecified atom stereocenters. The first-order chi connectivity index (χ1) is 8.94. The maximum Gasteiger partial charge on any atom is 0.123 e. The smallest absolute Gasteiger partial charge is 0.123 e. The Morgan fingerprint density at radius 2 is 2.11 bits per heavy atom. The molecule has 0 saturated carbocycles. The highest BCUT2D eigenvalue weighted by Gasteiger charge is 2.23. The van der Waals surface area contributed by atoms with Gasteiger partial charge in [-0.05, 0) is 37.6 Å². The van der Waals surface area contributed by atoms with Gasteiger partial charge in [0.2, 0.25) is 0 Å². The highest BCUT2D eigenvalue weighted by molar-refractivity contribution is 9.10. The van der Waals surface area contributed by atoms with E-state index in [0.717, 1.165) is 21.6 Å². The lowest BCUT2D eigenvalue weighted by Gasteiger charge is -2.21. The first-order valence-corrected chi connectivity index (χ1v) is 8.04. The van der Waals surface area contributed by atoms with E-state index in [9.17, 15) is 0 Å². The molecule has 0 fully saturated rings. The molecule has 0 amide bonds. The summed E-state index contributed by atoms with van der Waals surface area (Å²) >= 11 is 5.23. The fourth-order valence-electron chi connectivity index (χ4n) is 2.02. The van der Waals surface area contributed by atoms with Crippen molar-refractivity contribution in [3.05, 3.63) is 39.3 Å². The summed E-state index contributed by atoms with van der Waals surface area (Å²) in [6.07, 6.45) is 0.952. The third-order valence-corrected chi connectivity index (χ3v) is 4.77. The number of halogens is 1. The zero-order valence-corrected chi connectivity index (χ0v) is 13.9. The molecule has 4 heteroatoms. The van der Waals surface area contributed by atoms with Crippen LogP contribution in [0.1, 0.15) is 31.5 Å². The first kappa shape index (κ1) is 14.7. The molecule has 0 radical (unpaired) electrons. The third kappa shape index (κ3) is 3.25. The van der Waals surface area contributed by atoms with Crippen molar-refractivity contribution in [2.75, 3.05) is 6.54 Å². The van der Waals surface area contributed by atoms with Gasteiger partial charge in [0.25, 0.3) is 0 Å². The number of thiazole rings is 1. The number of hydrogen-bond acceptors (Lipinski definition) is 3. The van der Waals surface area contributed by atoms with E-state index in [2.05, 4.69) is 60.3 Å². The number of rotatable bonds is 4. The fourth-order valence-corrected chi connectivity index (χ4v) is 3.48. The zero-order chi connectivity index (χ0) is 14.0. The molecule has 0 saturated heterocycles. The lowest BCUT2D eigenvalue weighted by molar-refractivity contribution is 0.476. The summed E-state index contributed by atoms with van der Waals surface area (Å²) in [6, 6.07) is 6.31. The monoisotopic (exact) mass is 338 g/mol.